The average Bonchev–Trinajstić information content (AvgIpc) is 3.56. The second kappa shape index (κ2) is 9.93. The van der Waals surface area contributed by atoms with Crippen LogP contribution in [-0.2, 0) is 16.0 Å². The highest BCUT2D eigenvalue weighted by molar-refractivity contribution is 6.07. The minimum atomic E-state index is -0.252. The second-order valence-electron chi connectivity index (χ2n) is 8.64. The normalized spacial score (nSPS) is 14.5. The largest absolute Gasteiger partial charge is 0.326 e. The molecule has 2 aliphatic heterocycles. The van der Waals surface area contributed by atoms with Crippen LogP contribution in [0.3, 0.4) is 0 Å². The highest BCUT2D eigenvalue weighted by Crippen LogP contribution is 2.29. The molecule has 3 aromatic carbocycles. The van der Waals surface area contributed by atoms with Crippen molar-refractivity contribution >= 4 is 34.8 Å². The quantitative estimate of drug-likeness (QED) is 0.590. The number of carbonyl (C=O) groups excluding carboxylic acids is 3. The van der Waals surface area contributed by atoms with Crippen molar-refractivity contribution in [2.75, 3.05) is 23.3 Å². The molecule has 0 saturated heterocycles. The van der Waals surface area contributed by atoms with Gasteiger partial charge in [0.25, 0.3) is 5.91 Å². The lowest BCUT2D eigenvalue weighted by atomic mass is 10.1. The van der Waals surface area contributed by atoms with Crippen LogP contribution in [0.4, 0.5) is 11.4 Å². The van der Waals surface area contributed by atoms with Gasteiger partial charge in [-0.15, -0.1) is 0 Å². The molecule has 0 aliphatic carbocycles. The Morgan fingerprint density at radius 3 is 2.34 bits per heavy atom. The number of para-hydroxylation sites is 1. The Hall–Kier alpha value is -4.26. The molecule has 0 saturated carbocycles. The molecule has 2 heterocycles. The summed E-state index contributed by atoms with van der Waals surface area (Å²) in [5.74, 6) is -0.477. The molecule has 3 aromatic rings. The van der Waals surface area contributed by atoms with Gasteiger partial charge in [-0.25, -0.2) is 5.01 Å². The molecular weight excluding hydrogens is 440 g/mol. The molecule has 7 nitrogen and oxygen atoms in total. The molecule has 0 bridgehead atoms. The summed E-state index contributed by atoms with van der Waals surface area (Å²) in [6.07, 6.45) is 1.71. The van der Waals surface area contributed by atoms with E-state index in [2.05, 4.69) is 10.4 Å². The summed E-state index contributed by atoms with van der Waals surface area (Å²) in [6.45, 7) is 1.19. The Bertz CT molecular complexity index is 1290. The fourth-order valence-electron chi connectivity index (χ4n) is 4.44. The van der Waals surface area contributed by atoms with Gasteiger partial charge in [-0.2, -0.15) is 5.10 Å². The molecule has 2 aliphatic rings. The first-order valence-corrected chi connectivity index (χ1v) is 11.8. The van der Waals surface area contributed by atoms with Gasteiger partial charge in [0, 0.05) is 42.7 Å². The van der Waals surface area contributed by atoms with Gasteiger partial charge >= 0.3 is 0 Å². The van der Waals surface area contributed by atoms with Crippen LogP contribution in [0.2, 0.25) is 0 Å². The van der Waals surface area contributed by atoms with Gasteiger partial charge in [-0.1, -0.05) is 48.5 Å². The summed E-state index contributed by atoms with van der Waals surface area (Å²) in [7, 11) is 0. The van der Waals surface area contributed by atoms with Crippen molar-refractivity contribution in [2.45, 2.75) is 25.7 Å². The van der Waals surface area contributed by atoms with E-state index >= 15 is 0 Å². The Morgan fingerprint density at radius 1 is 0.800 bits per heavy atom. The smallest absolute Gasteiger partial charge is 0.258 e. The Labute approximate surface area is 204 Å². The number of hydrazone groups is 1. The van der Waals surface area contributed by atoms with E-state index in [0.717, 1.165) is 23.4 Å². The van der Waals surface area contributed by atoms with E-state index in [1.807, 2.05) is 54.6 Å². The first-order chi connectivity index (χ1) is 17.1. The highest BCUT2D eigenvalue weighted by Gasteiger charge is 2.25. The summed E-state index contributed by atoms with van der Waals surface area (Å²) in [5, 5.41) is 8.68. The standard InChI is InChI=1S/C28H26N4O3/c33-26(14-15-27(34)32-19-17-24(30-32)20-6-2-1-3-7-20)29-23-12-10-22(11-13-23)28(35)31-18-16-21-8-4-5-9-25(21)31/h1-13H,14-19H2,(H,29,33). The molecule has 0 spiro atoms. The predicted molar refractivity (Wildman–Crippen MR) is 135 cm³/mol. The molecule has 7 heteroatoms. The lowest BCUT2D eigenvalue weighted by Gasteiger charge is -2.17. The lowest BCUT2D eigenvalue weighted by molar-refractivity contribution is -0.132. The summed E-state index contributed by atoms with van der Waals surface area (Å²) in [6, 6.07) is 24.6. The highest BCUT2D eigenvalue weighted by atomic mass is 16.2. The van der Waals surface area contributed by atoms with E-state index in [1.54, 1.807) is 29.2 Å². The van der Waals surface area contributed by atoms with Gasteiger partial charge in [0.15, 0.2) is 0 Å². The Balaban J connectivity index is 1.12. The molecule has 1 N–H and O–H groups in total. The second-order valence-corrected chi connectivity index (χ2v) is 8.64. The van der Waals surface area contributed by atoms with Gasteiger partial charge < -0.3 is 10.2 Å². The molecular formula is C28H26N4O3. The Morgan fingerprint density at radius 2 is 1.54 bits per heavy atom. The van der Waals surface area contributed by atoms with Crippen molar-refractivity contribution in [2.24, 2.45) is 5.10 Å². The van der Waals surface area contributed by atoms with Crippen LogP contribution in [-0.4, -0.2) is 41.5 Å². The van der Waals surface area contributed by atoms with Crippen LogP contribution in [0.5, 0.6) is 0 Å². The number of hydrogen-bond donors (Lipinski definition) is 1. The predicted octanol–water partition coefficient (Wildman–Crippen LogP) is 4.24. The average molecular weight is 467 g/mol. The van der Waals surface area contributed by atoms with Gasteiger partial charge in [-0.05, 0) is 47.9 Å². The molecule has 0 unspecified atom stereocenters. The summed E-state index contributed by atoms with van der Waals surface area (Å²) in [5.41, 5.74) is 5.18. The Kier molecular flexibility index (Phi) is 6.39. The van der Waals surface area contributed by atoms with Crippen LogP contribution in [0.15, 0.2) is 84.0 Å². The van der Waals surface area contributed by atoms with Crippen molar-refractivity contribution in [1.82, 2.24) is 5.01 Å². The molecule has 0 fully saturated rings. The van der Waals surface area contributed by atoms with Crippen molar-refractivity contribution in [3.05, 3.63) is 95.6 Å². The third-order valence-corrected chi connectivity index (χ3v) is 6.31. The fraction of sp³-hybridized carbons (Fsp3) is 0.214. The number of amides is 3. The number of fused-ring (bicyclic) bond motifs is 1. The van der Waals surface area contributed by atoms with Crippen molar-refractivity contribution in [3.8, 4) is 0 Å². The zero-order valence-electron chi connectivity index (χ0n) is 19.3. The topological polar surface area (TPSA) is 82.1 Å². The maximum atomic E-state index is 12.9. The van der Waals surface area contributed by atoms with E-state index in [1.165, 1.54) is 10.6 Å². The zero-order chi connectivity index (χ0) is 24.2. The SMILES string of the molecule is O=C(CCC(=O)N1CCC(c2ccccc2)=N1)Nc1ccc(C(=O)N2CCc3ccccc32)cc1. The number of rotatable bonds is 6. The molecule has 0 radical (unpaired) electrons. The number of anilines is 2. The van der Waals surface area contributed by atoms with E-state index in [9.17, 15) is 14.4 Å². The summed E-state index contributed by atoms with van der Waals surface area (Å²) in [4.78, 5) is 39.6. The number of carbonyl (C=O) groups is 3. The van der Waals surface area contributed by atoms with Crippen molar-refractivity contribution in [3.63, 3.8) is 0 Å². The maximum Gasteiger partial charge on any atom is 0.258 e. The zero-order valence-corrected chi connectivity index (χ0v) is 19.3. The van der Waals surface area contributed by atoms with Crippen LogP contribution in [0, 0.1) is 0 Å². The van der Waals surface area contributed by atoms with Crippen molar-refractivity contribution in [1.29, 1.82) is 0 Å². The fourth-order valence-corrected chi connectivity index (χ4v) is 4.44. The van der Waals surface area contributed by atoms with Crippen LogP contribution in [0.1, 0.15) is 40.7 Å². The molecule has 176 valence electrons. The summed E-state index contributed by atoms with van der Waals surface area (Å²) >= 11 is 0. The first-order valence-electron chi connectivity index (χ1n) is 11.8. The monoisotopic (exact) mass is 466 g/mol. The van der Waals surface area contributed by atoms with Crippen LogP contribution >= 0.6 is 0 Å². The van der Waals surface area contributed by atoms with Crippen molar-refractivity contribution < 1.29 is 14.4 Å². The molecule has 3 amide bonds. The van der Waals surface area contributed by atoms with E-state index in [4.69, 9.17) is 0 Å². The van der Waals surface area contributed by atoms with Crippen LogP contribution < -0.4 is 10.2 Å². The molecule has 35 heavy (non-hydrogen) atoms. The van der Waals surface area contributed by atoms with E-state index < -0.39 is 0 Å². The summed E-state index contributed by atoms with van der Waals surface area (Å²) < 4.78 is 0. The minimum absolute atomic E-state index is 0.0561. The number of nitrogens with zero attached hydrogens (tertiary/aromatic N) is 3. The number of benzene rings is 3. The third kappa shape index (κ3) is 4.99. The molecule has 0 aromatic heterocycles. The van der Waals surface area contributed by atoms with Gasteiger partial charge in [-0.3, -0.25) is 14.4 Å². The lowest BCUT2D eigenvalue weighted by Crippen LogP contribution is -2.28. The molecule has 0 atom stereocenters. The minimum Gasteiger partial charge on any atom is -0.326 e. The number of hydrogen-bond acceptors (Lipinski definition) is 4. The first kappa shape index (κ1) is 22.5. The maximum absolute atomic E-state index is 12.9. The van der Waals surface area contributed by atoms with Crippen LogP contribution in [0.25, 0.3) is 0 Å². The number of nitrogens with one attached hydrogen (secondary N) is 1. The van der Waals surface area contributed by atoms with E-state index in [-0.39, 0.29) is 30.6 Å². The van der Waals surface area contributed by atoms with E-state index in [0.29, 0.717) is 30.8 Å². The molecule has 5 rings (SSSR count). The third-order valence-electron chi connectivity index (χ3n) is 6.31. The van der Waals surface area contributed by atoms with Gasteiger partial charge in [0.05, 0.1) is 12.3 Å². The van der Waals surface area contributed by atoms with Gasteiger partial charge in [0.1, 0.15) is 0 Å². The van der Waals surface area contributed by atoms with Gasteiger partial charge in [0.2, 0.25) is 11.8 Å².